The molecule has 1 aromatic rings. The van der Waals surface area contributed by atoms with Gasteiger partial charge < -0.3 is 19.7 Å². The number of aromatic nitrogens is 2. The molecule has 0 aliphatic heterocycles. The maximum Gasteiger partial charge on any atom is 0.408 e. The van der Waals surface area contributed by atoms with Crippen molar-refractivity contribution in [2.75, 3.05) is 0 Å². The topological polar surface area (TPSA) is 93.5 Å². The smallest absolute Gasteiger partial charge is 0.408 e. The standard InChI is InChI=1S/C15H25N3O4/c1-10(2)11-16-7-8-18(11)9-15(6,12(19)20)17-13(21)22-14(3,4)5/h7-8,10H,9H2,1-6H3,(H,17,21)(H,19,20). The number of nitrogens with zero attached hydrogens (tertiary/aromatic N) is 2. The molecule has 0 aromatic carbocycles. The molecule has 0 saturated carbocycles. The first kappa shape index (κ1) is 18.0. The number of aliphatic carboxylic acids is 1. The Hall–Kier alpha value is -2.05. The average molecular weight is 311 g/mol. The molecule has 0 saturated heterocycles. The minimum Gasteiger partial charge on any atom is -0.479 e. The second-order valence-corrected chi connectivity index (χ2v) is 6.83. The van der Waals surface area contributed by atoms with Crippen molar-refractivity contribution in [3.63, 3.8) is 0 Å². The van der Waals surface area contributed by atoms with Crippen molar-refractivity contribution in [3.05, 3.63) is 18.2 Å². The van der Waals surface area contributed by atoms with Gasteiger partial charge in [0.25, 0.3) is 0 Å². The van der Waals surface area contributed by atoms with Gasteiger partial charge in [-0.05, 0) is 27.7 Å². The summed E-state index contributed by atoms with van der Waals surface area (Å²) in [5.74, 6) is -0.227. The van der Waals surface area contributed by atoms with Crippen LogP contribution in [0.25, 0.3) is 0 Å². The molecule has 1 amide bonds. The summed E-state index contributed by atoms with van der Waals surface area (Å²) in [6, 6.07) is 0. The summed E-state index contributed by atoms with van der Waals surface area (Å²) in [5.41, 5.74) is -2.19. The average Bonchev–Trinajstić information content (AvgIpc) is 2.73. The molecule has 0 spiro atoms. The van der Waals surface area contributed by atoms with Crippen molar-refractivity contribution >= 4 is 12.1 Å². The number of alkyl carbamates (subject to hydrolysis) is 1. The Morgan fingerprint density at radius 1 is 1.36 bits per heavy atom. The van der Waals surface area contributed by atoms with Gasteiger partial charge in [-0.2, -0.15) is 0 Å². The number of carbonyl (C=O) groups is 2. The molecule has 1 heterocycles. The molecule has 0 fully saturated rings. The molecule has 7 nitrogen and oxygen atoms in total. The molecule has 0 radical (unpaired) electrons. The van der Waals surface area contributed by atoms with Crippen LogP contribution in [0.2, 0.25) is 0 Å². The molecule has 22 heavy (non-hydrogen) atoms. The van der Waals surface area contributed by atoms with Gasteiger partial charge in [-0.25, -0.2) is 14.6 Å². The lowest BCUT2D eigenvalue weighted by Crippen LogP contribution is -2.56. The molecular weight excluding hydrogens is 286 g/mol. The van der Waals surface area contributed by atoms with Gasteiger partial charge in [0.2, 0.25) is 0 Å². The van der Waals surface area contributed by atoms with Gasteiger partial charge in [-0.15, -0.1) is 0 Å². The predicted octanol–water partition coefficient (Wildman–Crippen LogP) is 2.37. The summed E-state index contributed by atoms with van der Waals surface area (Å²) < 4.78 is 6.87. The Kier molecular flexibility index (Phi) is 5.22. The monoisotopic (exact) mass is 311 g/mol. The Balaban J connectivity index is 2.94. The number of carboxylic acids is 1. The van der Waals surface area contributed by atoms with Crippen LogP contribution in [0.15, 0.2) is 12.4 Å². The number of rotatable bonds is 5. The lowest BCUT2D eigenvalue weighted by molar-refractivity contribution is -0.144. The van der Waals surface area contributed by atoms with Gasteiger partial charge in [-0.3, -0.25) is 0 Å². The van der Waals surface area contributed by atoms with E-state index >= 15 is 0 Å². The highest BCUT2D eigenvalue weighted by molar-refractivity contribution is 5.83. The van der Waals surface area contributed by atoms with Crippen LogP contribution in [-0.2, 0) is 16.1 Å². The van der Waals surface area contributed by atoms with E-state index in [4.69, 9.17) is 4.74 Å². The summed E-state index contributed by atoms with van der Waals surface area (Å²) in [6.45, 7) is 10.6. The van der Waals surface area contributed by atoms with Gasteiger partial charge in [0.05, 0.1) is 6.54 Å². The summed E-state index contributed by atoms with van der Waals surface area (Å²) in [7, 11) is 0. The van der Waals surface area contributed by atoms with Gasteiger partial charge in [0.1, 0.15) is 11.4 Å². The first-order chi connectivity index (χ1) is 9.94. The fourth-order valence-electron chi connectivity index (χ4n) is 1.99. The summed E-state index contributed by atoms with van der Waals surface area (Å²) >= 11 is 0. The molecule has 0 aliphatic carbocycles. The number of nitrogens with one attached hydrogen (secondary N) is 1. The van der Waals surface area contributed by atoms with Crippen LogP contribution in [0.3, 0.4) is 0 Å². The zero-order valence-corrected chi connectivity index (χ0v) is 14.0. The third kappa shape index (κ3) is 4.75. The zero-order valence-electron chi connectivity index (χ0n) is 14.0. The molecule has 7 heteroatoms. The van der Waals surface area contributed by atoms with Crippen molar-refractivity contribution in [2.24, 2.45) is 0 Å². The number of hydrogen-bond acceptors (Lipinski definition) is 4. The van der Waals surface area contributed by atoms with Crippen LogP contribution in [0.4, 0.5) is 4.79 Å². The van der Waals surface area contributed by atoms with Crippen LogP contribution in [-0.4, -0.2) is 37.9 Å². The first-order valence-corrected chi connectivity index (χ1v) is 7.20. The summed E-state index contributed by atoms with van der Waals surface area (Å²) in [4.78, 5) is 27.8. The number of imidazole rings is 1. The first-order valence-electron chi connectivity index (χ1n) is 7.20. The molecule has 0 aliphatic rings. The van der Waals surface area contributed by atoms with Gasteiger partial charge in [0.15, 0.2) is 5.54 Å². The molecule has 1 atom stereocenters. The van der Waals surface area contributed by atoms with Crippen LogP contribution in [0, 0.1) is 0 Å². The fraction of sp³-hybridized carbons (Fsp3) is 0.667. The Labute approximate surface area is 130 Å². The number of carboxylic acid groups (broad SMARTS) is 1. The molecule has 124 valence electrons. The second kappa shape index (κ2) is 6.37. The fourth-order valence-corrected chi connectivity index (χ4v) is 1.99. The Morgan fingerprint density at radius 3 is 2.41 bits per heavy atom. The molecular formula is C15H25N3O4. The van der Waals surface area contributed by atoms with Crippen molar-refractivity contribution in [1.29, 1.82) is 0 Å². The van der Waals surface area contributed by atoms with E-state index < -0.39 is 23.2 Å². The van der Waals surface area contributed by atoms with Crippen molar-refractivity contribution in [1.82, 2.24) is 14.9 Å². The molecule has 1 aromatic heterocycles. The minimum atomic E-state index is -1.49. The van der Waals surface area contributed by atoms with Gasteiger partial charge >= 0.3 is 12.1 Å². The summed E-state index contributed by atoms with van der Waals surface area (Å²) in [6.07, 6.45) is 2.56. The summed E-state index contributed by atoms with van der Waals surface area (Å²) in [5, 5.41) is 11.9. The van der Waals surface area contributed by atoms with Gasteiger partial charge in [0, 0.05) is 18.3 Å². The van der Waals surface area contributed by atoms with E-state index in [9.17, 15) is 14.7 Å². The SMILES string of the molecule is CC(C)c1nccn1CC(C)(NC(=O)OC(C)(C)C)C(=O)O. The number of carbonyl (C=O) groups excluding carboxylic acids is 1. The van der Waals surface area contributed by atoms with E-state index in [-0.39, 0.29) is 12.5 Å². The number of hydrogen-bond donors (Lipinski definition) is 2. The van der Waals surface area contributed by atoms with Crippen molar-refractivity contribution in [2.45, 2.75) is 65.1 Å². The largest absolute Gasteiger partial charge is 0.479 e. The molecule has 2 N–H and O–H groups in total. The maximum absolute atomic E-state index is 11.9. The normalized spacial score (nSPS) is 14.5. The highest BCUT2D eigenvalue weighted by Gasteiger charge is 2.37. The third-order valence-corrected chi connectivity index (χ3v) is 3.00. The van der Waals surface area contributed by atoms with E-state index in [1.54, 1.807) is 37.7 Å². The number of ether oxygens (including phenoxy) is 1. The third-order valence-electron chi connectivity index (χ3n) is 3.00. The zero-order chi connectivity index (χ0) is 17.1. The van der Waals surface area contributed by atoms with Crippen molar-refractivity contribution in [3.8, 4) is 0 Å². The van der Waals surface area contributed by atoms with Gasteiger partial charge in [-0.1, -0.05) is 13.8 Å². The highest BCUT2D eigenvalue weighted by Crippen LogP contribution is 2.17. The molecule has 1 rings (SSSR count). The van der Waals surface area contributed by atoms with Crippen molar-refractivity contribution < 1.29 is 19.4 Å². The second-order valence-electron chi connectivity index (χ2n) is 6.83. The number of amides is 1. The van der Waals surface area contributed by atoms with E-state index in [1.165, 1.54) is 6.92 Å². The van der Waals surface area contributed by atoms with E-state index in [0.717, 1.165) is 5.82 Å². The van der Waals surface area contributed by atoms with Crippen LogP contribution in [0.1, 0.15) is 53.3 Å². The lowest BCUT2D eigenvalue weighted by atomic mass is 10.0. The Bertz CT molecular complexity index is 545. The minimum absolute atomic E-state index is 0.0646. The van der Waals surface area contributed by atoms with E-state index in [1.807, 2.05) is 13.8 Å². The molecule has 0 bridgehead atoms. The predicted molar refractivity (Wildman–Crippen MR) is 81.7 cm³/mol. The maximum atomic E-state index is 11.9. The highest BCUT2D eigenvalue weighted by atomic mass is 16.6. The lowest BCUT2D eigenvalue weighted by Gasteiger charge is -2.29. The Morgan fingerprint density at radius 2 is 1.95 bits per heavy atom. The van der Waals surface area contributed by atoms with Crippen LogP contribution >= 0.6 is 0 Å². The van der Waals surface area contributed by atoms with Crippen LogP contribution < -0.4 is 5.32 Å². The van der Waals surface area contributed by atoms with Crippen LogP contribution in [0.5, 0.6) is 0 Å². The van der Waals surface area contributed by atoms with E-state index in [2.05, 4.69) is 10.3 Å². The van der Waals surface area contributed by atoms with E-state index in [0.29, 0.717) is 0 Å². The quantitative estimate of drug-likeness (QED) is 0.870. The molecule has 1 unspecified atom stereocenters.